The van der Waals surface area contributed by atoms with Gasteiger partial charge in [0.25, 0.3) is 0 Å². The normalized spacial score (nSPS) is 25.0. The second-order valence-corrected chi connectivity index (χ2v) is 8.93. The molecule has 2 heterocycles. The van der Waals surface area contributed by atoms with E-state index in [1.807, 2.05) is 12.3 Å². The van der Waals surface area contributed by atoms with E-state index in [1.165, 1.54) is 11.6 Å². The molecule has 24 heavy (non-hydrogen) atoms. The number of benzene rings is 1. The number of rotatable bonds is 4. The average molecular weight is 349 g/mol. The van der Waals surface area contributed by atoms with Crippen LogP contribution in [0.3, 0.4) is 0 Å². The lowest BCUT2D eigenvalue weighted by Gasteiger charge is -2.13. The average Bonchev–Trinajstić information content (AvgIpc) is 3.23. The van der Waals surface area contributed by atoms with Crippen LogP contribution in [0.15, 0.2) is 30.6 Å². The number of aryl methyl sites for hydroxylation is 1. The molecule has 2 aromatic rings. The highest BCUT2D eigenvalue weighted by atomic mass is 32.2. The molecular formula is C17H20FN3O2S. The highest BCUT2D eigenvalue weighted by molar-refractivity contribution is 7.91. The fourth-order valence-electron chi connectivity index (χ4n) is 3.69. The first kappa shape index (κ1) is 15.8. The van der Waals surface area contributed by atoms with Crippen LogP contribution < -0.4 is 5.32 Å². The maximum absolute atomic E-state index is 13.3. The largest absolute Gasteiger partial charge is 0.306 e. The Kier molecular flexibility index (Phi) is 3.92. The molecule has 1 aromatic heterocycles. The molecule has 2 aliphatic rings. The second kappa shape index (κ2) is 5.97. The maximum Gasteiger partial charge on any atom is 0.152 e. The zero-order valence-electron chi connectivity index (χ0n) is 13.3. The lowest BCUT2D eigenvalue weighted by Crippen LogP contribution is -2.18. The number of aromatic nitrogens is 2. The van der Waals surface area contributed by atoms with Gasteiger partial charge in [0.2, 0.25) is 0 Å². The molecule has 1 saturated heterocycles. The van der Waals surface area contributed by atoms with Crippen LogP contribution in [-0.4, -0.2) is 29.7 Å². The molecule has 2 atom stereocenters. The summed E-state index contributed by atoms with van der Waals surface area (Å²) < 4.78 is 38.2. The van der Waals surface area contributed by atoms with Crippen LogP contribution in [0.1, 0.15) is 41.6 Å². The summed E-state index contributed by atoms with van der Waals surface area (Å²) in [5.74, 6) is 0.256. The smallest absolute Gasteiger partial charge is 0.152 e. The highest BCUT2D eigenvalue weighted by Gasteiger charge is 2.29. The van der Waals surface area contributed by atoms with Crippen LogP contribution in [-0.2, 0) is 22.8 Å². The highest BCUT2D eigenvalue weighted by Crippen LogP contribution is 2.31. The number of nitrogens with one attached hydrogen (secondary N) is 1. The van der Waals surface area contributed by atoms with Gasteiger partial charge in [0, 0.05) is 24.3 Å². The summed E-state index contributed by atoms with van der Waals surface area (Å²) in [5, 5.41) is 7.83. The first-order chi connectivity index (χ1) is 11.5. The van der Waals surface area contributed by atoms with Crippen LogP contribution in [0.25, 0.3) is 0 Å². The van der Waals surface area contributed by atoms with E-state index in [2.05, 4.69) is 10.4 Å². The Morgan fingerprint density at radius 2 is 2.21 bits per heavy atom. The van der Waals surface area contributed by atoms with Gasteiger partial charge < -0.3 is 5.32 Å². The number of sulfone groups is 1. The molecule has 0 spiro atoms. The molecule has 0 saturated carbocycles. The lowest BCUT2D eigenvalue weighted by molar-refractivity contribution is 0.497. The predicted octanol–water partition coefficient (Wildman–Crippen LogP) is 2.16. The van der Waals surface area contributed by atoms with Gasteiger partial charge in [-0.25, -0.2) is 12.8 Å². The Hall–Kier alpha value is -1.73. The molecular weight excluding hydrogens is 329 g/mol. The van der Waals surface area contributed by atoms with E-state index < -0.39 is 9.84 Å². The van der Waals surface area contributed by atoms with Crippen molar-refractivity contribution in [1.29, 1.82) is 0 Å². The molecule has 7 heteroatoms. The van der Waals surface area contributed by atoms with Crippen molar-refractivity contribution in [2.45, 2.75) is 37.9 Å². The summed E-state index contributed by atoms with van der Waals surface area (Å²) in [6.45, 7) is 0.668. The molecule has 1 aromatic carbocycles. The summed E-state index contributed by atoms with van der Waals surface area (Å²) in [4.78, 5) is 0. The van der Waals surface area contributed by atoms with Crippen LogP contribution in [0.5, 0.6) is 0 Å². The van der Waals surface area contributed by atoms with Crippen molar-refractivity contribution >= 4 is 9.84 Å². The van der Waals surface area contributed by atoms with Gasteiger partial charge in [-0.2, -0.15) is 5.10 Å². The SMILES string of the molecule is O=S1(=O)CC[C@H](n2cc(CN[C@H]3CCc4cc(F)ccc43)cn2)C1. The molecule has 0 bridgehead atoms. The predicted molar refractivity (Wildman–Crippen MR) is 88.8 cm³/mol. The monoisotopic (exact) mass is 349 g/mol. The number of nitrogens with zero attached hydrogens (tertiary/aromatic N) is 2. The third-order valence-electron chi connectivity index (χ3n) is 4.97. The summed E-state index contributed by atoms with van der Waals surface area (Å²) in [6, 6.07) is 5.18. The number of hydrogen-bond donors (Lipinski definition) is 1. The quantitative estimate of drug-likeness (QED) is 0.919. The van der Waals surface area contributed by atoms with Crippen LogP contribution in [0.4, 0.5) is 4.39 Å². The van der Waals surface area contributed by atoms with E-state index in [0.29, 0.717) is 13.0 Å². The first-order valence-electron chi connectivity index (χ1n) is 8.25. The van der Waals surface area contributed by atoms with Gasteiger partial charge in [0.05, 0.1) is 23.7 Å². The Morgan fingerprint density at radius 3 is 3.00 bits per heavy atom. The Morgan fingerprint density at radius 1 is 1.33 bits per heavy atom. The van der Waals surface area contributed by atoms with E-state index >= 15 is 0 Å². The van der Waals surface area contributed by atoms with Gasteiger partial charge >= 0.3 is 0 Å². The minimum atomic E-state index is -2.90. The van der Waals surface area contributed by atoms with Crippen molar-refractivity contribution in [3.05, 3.63) is 53.1 Å². The third-order valence-corrected chi connectivity index (χ3v) is 6.72. The lowest BCUT2D eigenvalue weighted by atomic mass is 10.1. The van der Waals surface area contributed by atoms with Gasteiger partial charge in [0.15, 0.2) is 9.84 Å². The molecule has 0 radical (unpaired) electrons. The van der Waals surface area contributed by atoms with E-state index in [0.717, 1.165) is 24.0 Å². The number of halogens is 1. The van der Waals surface area contributed by atoms with Gasteiger partial charge in [-0.05, 0) is 42.5 Å². The maximum atomic E-state index is 13.3. The van der Waals surface area contributed by atoms with Crippen molar-refractivity contribution in [2.75, 3.05) is 11.5 Å². The topological polar surface area (TPSA) is 64.0 Å². The van der Waals surface area contributed by atoms with Crippen molar-refractivity contribution in [3.63, 3.8) is 0 Å². The van der Waals surface area contributed by atoms with E-state index in [9.17, 15) is 12.8 Å². The molecule has 0 unspecified atom stereocenters. The minimum Gasteiger partial charge on any atom is -0.306 e. The van der Waals surface area contributed by atoms with Crippen molar-refractivity contribution in [1.82, 2.24) is 15.1 Å². The summed E-state index contributed by atoms with van der Waals surface area (Å²) in [6.07, 6.45) is 6.22. The zero-order chi connectivity index (χ0) is 16.7. The fraction of sp³-hybridized carbons (Fsp3) is 0.471. The fourth-order valence-corrected chi connectivity index (χ4v) is 5.40. The summed E-state index contributed by atoms with van der Waals surface area (Å²) in [7, 11) is -2.90. The molecule has 1 aliphatic carbocycles. The van der Waals surface area contributed by atoms with Crippen molar-refractivity contribution in [3.8, 4) is 0 Å². The molecule has 128 valence electrons. The van der Waals surface area contributed by atoms with Crippen LogP contribution in [0.2, 0.25) is 0 Å². The molecule has 4 rings (SSSR count). The Bertz CT molecular complexity index is 862. The van der Waals surface area contributed by atoms with Gasteiger partial charge in [-0.1, -0.05) is 6.07 Å². The minimum absolute atomic E-state index is 0.0427. The second-order valence-electron chi connectivity index (χ2n) is 6.70. The van der Waals surface area contributed by atoms with Crippen LogP contribution >= 0.6 is 0 Å². The van der Waals surface area contributed by atoms with E-state index in [4.69, 9.17) is 0 Å². The van der Waals surface area contributed by atoms with Crippen LogP contribution in [0, 0.1) is 5.82 Å². The summed E-state index contributed by atoms with van der Waals surface area (Å²) >= 11 is 0. The van der Waals surface area contributed by atoms with Crippen molar-refractivity contribution in [2.24, 2.45) is 0 Å². The molecule has 1 fully saturated rings. The van der Waals surface area contributed by atoms with Crippen molar-refractivity contribution < 1.29 is 12.8 Å². The Labute approximate surface area is 140 Å². The molecule has 5 nitrogen and oxygen atoms in total. The van der Waals surface area contributed by atoms with Gasteiger partial charge in [-0.3, -0.25) is 4.68 Å². The van der Waals surface area contributed by atoms with E-state index in [-0.39, 0.29) is 29.4 Å². The van der Waals surface area contributed by atoms with E-state index in [1.54, 1.807) is 16.9 Å². The molecule has 0 amide bonds. The summed E-state index contributed by atoms with van der Waals surface area (Å²) in [5.41, 5.74) is 3.29. The third kappa shape index (κ3) is 3.10. The Balaban J connectivity index is 1.40. The van der Waals surface area contributed by atoms with Gasteiger partial charge in [-0.15, -0.1) is 0 Å². The number of hydrogen-bond acceptors (Lipinski definition) is 4. The zero-order valence-corrected chi connectivity index (χ0v) is 14.1. The first-order valence-corrected chi connectivity index (χ1v) is 10.1. The standard InChI is InChI=1S/C17H20FN3O2S/c18-14-2-3-16-13(7-14)1-4-17(16)19-8-12-9-20-21(10-12)15-5-6-24(22,23)11-15/h2-3,7,9-10,15,17,19H,1,4-6,8,11H2/t15-,17-/m0/s1. The number of fused-ring (bicyclic) bond motifs is 1. The molecule has 1 aliphatic heterocycles. The molecule has 1 N–H and O–H groups in total. The van der Waals surface area contributed by atoms with Gasteiger partial charge in [0.1, 0.15) is 5.82 Å².